The van der Waals surface area contributed by atoms with E-state index in [1.165, 1.54) is 5.56 Å². The molecule has 0 saturated carbocycles. The summed E-state index contributed by atoms with van der Waals surface area (Å²) < 4.78 is 0. The Labute approximate surface area is 119 Å². The van der Waals surface area contributed by atoms with Gasteiger partial charge in [-0.25, -0.2) is 0 Å². The van der Waals surface area contributed by atoms with E-state index in [4.69, 9.17) is 17.3 Å². The van der Waals surface area contributed by atoms with Crippen molar-refractivity contribution in [2.24, 2.45) is 5.73 Å². The van der Waals surface area contributed by atoms with Gasteiger partial charge in [0, 0.05) is 24.6 Å². The average Bonchev–Trinajstić information content (AvgIpc) is 2.41. The number of aromatic nitrogens is 1. The topological polar surface area (TPSA) is 42.1 Å². The van der Waals surface area contributed by atoms with E-state index in [1.54, 1.807) is 12.4 Å². The van der Waals surface area contributed by atoms with Crippen LogP contribution in [0.25, 0.3) is 0 Å². The Morgan fingerprint density at radius 3 is 2.84 bits per heavy atom. The van der Waals surface area contributed by atoms with E-state index in [0.717, 1.165) is 24.3 Å². The van der Waals surface area contributed by atoms with Gasteiger partial charge < -0.3 is 10.6 Å². The molecule has 1 aromatic heterocycles. The SMILES string of the molecule is Cc1cccc(N(CCCN)c2ccncc2Cl)c1. The molecule has 2 aromatic rings. The third-order valence-electron chi connectivity index (χ3n) is 2.94. The van der Waals surface area contributed by atoms with Crippen molar-refractivity contribution in [1.82, 2.24) is 4.98 Å². The first-order valence-corrected chi connectivity index (χ1v) is 6.74. The van der Waals surface area contributed by atoms with Gasteiger partial charge in [-0.2, -0.15) is 0 Å². The fourth-order valence-electron chi connectivity index (χ4n) is 2.02. The molecule has 0 aliphatic heterocycles. The molecule has 2 rings (SSSR count). The molecule has 100 valence electrons. The maximum Gasteiger partial charge on any atom is 0.0826 e. The zero-order chi connectivity index (χ0) is 13.7. The predicted octanol–water partition coefficient (Wildman–Crippen LogP) is 3.53. The van der Waals surface area contributed by atoms with Crippen LogP contribution in [0.2, 0.25) is 5.02 Å². The summed E-state index contributed by atoms with van der Waals surface area (Å²) in [6.07, 6.45) is 4.33. The number of nitrogens with zero attached hydrogens (tertiary/aromatic N) is 2. The maximum atomic E-state index is 6.25. The van der Waals surface area contributed by atoms with Crippen LogP contribution >= 0.6 is 11.6 Å². The van der Waals surface area contributed by atoms with E-state index < -0.39 is 0 Å². The molecular formula is C15H18ClN3. The normalized spacial score (nSPS) is 10.5. The van der Waals surface area contributed by atoms with Crippen LogP contribution in [0.5, 0.6) is 0 Å². The van der Waals surface area contributed by atoms with E-state index in [-0.39, 0.29) is 0 Å². The summed E-state index contributed by atoms with van der Waals surface area (Å²) >= 11 is 6.25. The molecule has 0 amide bonds. The van der Waals surface area contributed by atoms with Crippen molar-refractivity contribution in [3.05, 3.63) is 53.3 Å². The van der Waals surface area contributed by atoms with Crippen LogP contribution < -0.4 is 10.6 Å². The molecule has 0 spiro atoms. The molecule has 0 unspecified atom stereocenters. The molecule has 3 nitrogen and oxygen atoms in total. The minimum atomic E-state index is 0.654. The van der Waals surface area contributed by atoms with Gasteiger partial charge in [-0.15, -0.1) is 0 Å². The number of halogens is 1. The summed E-state index contributed by atoms with van der Waals surface area (Å²) in [6, 6.07) is 10.3. The molecule has 0 radical (unpaired) electrons. The van der Waals surface area contributed by atoms with Gasteiger partial charge in [-0.05, 0) is 43.7 Å². The quantitative estimate of drug-likeness (QED) is 0.908. The van der Waals surface area contributed by atoms with E-state index in [9.17, 15) is 0 Å². The van der Waals surface area contributed by atoms with Crippen molar-refractivity contribution in [3.8, 4) is 0 Å². The average molecular weight is 276 g/mol. The Morgan fingerprint density at radius 2 is 2.16 bits per heavy atom. The lowest BCUT2D eigenvalue weighted by atomic mass is 10.2. The number of hydrogen-bond acceptors (Lipinski definition) is 3. The highest BCUT2D eigenvalue weighted by Gasteiger charge is 2.12. The van der Waals surface area contributed by atoms with Gasteiger partial charge in [0.15, 0.2) is 0 Å². The molecule has 0 bridgehead atoms. The molecule has 0 fully saturated rings. The molecule has 0 atom stereocenters. The largest absolute Gasteiger partial charge is 0.340 e. The Morgan fingerprint density at radius 1 is 1.32 bits per heavy atom. The van der Waals surface area contributed by atoms with Crippen molar-refractivity contribution in [1.29, 1.82) is 0 Å². The number of benzene rings is 1. The summed E-state index contributed by atoms with van der Waals surface area (Å²) in [5.41, 5.74) is 8.95. The first-order valence-electron chi connectivity index (χ1n) is 6.36. The number of rotatable bonds is 5. The lowest BCUT2D eigenvalue weighted by Crippen LogP contribution is -2.21. The highest BCUT2D eigenvalue weighted by molar-refractivity contribution is 6.33. The highest BCUT2D eigenvalue weighted by atomic mass is 35.5. The van der Waals surface area contributed by atoms with Gasteiger partial charge in [-0.3, -0.25) is 4.98 Å². The highest BCUT2D eigenvalue weighted by Crippen LogP contribution is 2.31. The fraction of sp³-hybridized carbons (Fsp3) is 0.267. The molecule has 2 N–H and O–H groups in total. The van der Waals surface area contributed by atoms with Gasteiger partial charge in [0.05, 0.1) is 10.7 Å². The van der Waals surface area contributed by atoms with Crippen molar-refractivity contribution in [2.75, 3.05) is 18.0 Å². The molecule has 0 saturated heterocycles. The fourth-order valence-corrected chi connectivity index (χ4v) is 2.24. The lowest BCUT2D eigenvalue weighted by Gasteiger charge is -2.26. The summed E-state index contributed by atoms with van der Waals surface area (Å²) in [5.74, 6) is 0. The molecule has 1 aromatic carbocycles. The number of anilines is 2. The second kappa shape index (κ2) is 6.55. The van der Waals surface area contributed by atoms with E-state index in [0.29, 0.717) is 11.6 Å². The van der Waals surface area contributed by atoms with Crippen LogP contribution in [0.4, 0.5) is 11.4 Å². The molecule has 4 heteroatoms. The van der Waals surface area contributed by atoms with Crippen LogP contribution in [0.15, 0.2) is 42.7 Å². The van der Waals surface area contributed by atoms with Crippen molar-refractivity contribution in [2.45, 2.75) is 13.3 Å². The number of pyridine rings is 1. The second-order valence-electron chi connectivity index (χ2n) is 4.46. The standard InChI is InChI=1S/C15H18ClN3/c1-12-4-2-5-13(10-12)19(9-3-7-17)15-6-8-18-11-14(15)16/h2,4-6,8,10-11H,3,7,9,17H2,1H3. The number of hydrogen-bond donors (Lipinski definition) is 1. The molecule has 19 heavy (non-hydrogen) atoms. The zero-order valence-electron chi connectivity index (χ0n) is 11.0. The van der Waals surface area contributed by atoms with Crippen LogP contribution in [0, 0.1) is 6.92 Å². The van der Waals surface area contributed by atoms with Gasteiger partial charge >= 0.3 is 0 Å². The second-order valence-corrected chi connectivity index (χ2v) is 4.87. The van der Waals surface area contributed by atoms with E-state index in [2.05, 4.69) is 41.1 Å². The van der Waals surface area contributed by atoms with Gasteiger partial charge in [-0.1, -0.05) is 23.7 Å². The minimum absolute atomic E-state index is 0.654. The van der Waals surface area contributed by atoms with Crippen LogP contribution in [-0.4, -0.2) is 18.1 Å². The monoisotopic (exact) mass is 275 g/mol. The van der Waals surface area contributed by atoms with Crippen molar-refractivity contribution >= 4 is 23.0 Å². The third-order valence-corrected chi connectivity index (χ3v) is 3.23. The first kappa shape index (κ1) is 13.8. The number of aryl methyl sites for hydroxylation is 1. The van der Waals surface area contributed by atoms with E-state index >= 15 is 0 Å². The molecule has 0 aliphatic carbocycles. The molecule has 0 aliphatic rings. The maximum absolute atomic E-state index is 6.25. The summed E-state index contributed by atoms with van der Waals surface area (Å²) in [7, 11) is 0. The minimum Gasteiger partial charge on any atom is -0.340 e. The van der Waals surface area contributed by atoms with Gasteiger partial charge in [0.2, 0.25) is 0 Å². The first-order chi connectivity index (χ1) is 9.22. The third kappa shape index (κ3) is 3.46. The zero-order valence-corrected chi connectivity index (χ0v) is 11.8. The number of nitrogens with two attached hydrogens (primary N) is 1. The Kier molecular flexibility index (Phi) is 4.77. The van der Waals surface area contributed by atoms with E-state index in [1.807, 2.05) is 6.07 Å². The summed E-state index contributed by atoms with van der Waals surface area (Å²) in [6.45, 7) is 3.58. The predicted molar refractivity (Wildman–Crippen MR) is 81.1 cm³/mol. The Hall–Kier alpha value is -1.58. The van der Waals surface area contributed by atoms with Crippen LogP contribution in [0.3, 0.4) is 0 Å². The molecular weight excluding hydrogens is 258 g/mol. The summed E-state index contributed by atoms with van der Waals surface area (Å²) in [4.78, 5) is 6.22. The Balaban J connectivity index is 2.38. The lowest BCUT2D eigenvalue weighted by molar-refractivity contribution is 0.817. The molecule has 1 heterocycles. The Bertz CT molecular complexity index is 542. The van der Waals surface area contributed by atoms with Crippen LogP contribution in [-0.2, 0) is 0 Å². The van der Waals surface area contributed by atoms with Crippen molar-refractivity contribution < 1.29 is 0 Å². The van der Waals surface area contributed by atoms with Gasteiger partial charge in [0.1, 0.15) is 0 Å². The smallest absolute Gasteiger partial charge is 0.0826 e. The van der Waals surface area contributed by atoms with Gasteiger partial charge in [0.25, 0.3) is 0 Å². The van der Waals surface area contributed by atoms with Crippen LogP contribution in [0.1, 0.15) is 12.0 Å². The summed E-state index contributed by atoms with van der Waals surface area (Å²) in [5, 5.41) is 0.654. The van der Waals surface area contributed by atoms with Crippen molar-refractivity contribution in [3.63, 3.8) is 0 Å².